The maximum Gasteiger partial charge on any atom is 0.152 e. The predicted octanol–water partition coefficient (Wildman–Crippen LogP) is 5.43. The number of hydrogen-bond donors (Lipinski definition) is 2. The summed E-state index contributed by atoms with van der Waals surface area (Å²) in [6, 6.07) is 10.2. The van der Waals surface area contributed by atoms with Gasteiger partial charge in [0.25, 0.3) is 0 Å². The molecule has 3 rings (SSSR count). The Morgan fingerprint density at radius 2 is 1.81 bits per heavy atom. The lowest BCUT2D eigenvalue weighted by atomic mass is 9.88. The number of phenols is 1. The summed E-state index contributed by atoms with van der Waals surface area (Å²) in [5.41, 5.74) is 3.62. The van der Waals surface area contributed by atoms with E-state index in [0.717, 1.165) is 29.4 Å². The number of hydrogen-bond acceptors (Lipinski definition) is 2. The van der Waals surface area contributed by atoms with Gasteiger partial charge in [-0.25, -0.2) is 0 Å². The van der Waals surface area contributed by atoms with Crippen LogP contribution in [0.2, 0.25) is 10.0 Å². The van der Waals surface area contributed by atoms with Crippen LogP contribution in [0.3, 0.4) is 0 Å². The second-order valence-electron chi connectivity index (χ2n) is 5.29. The van der Waals surface area contributed by atoms with Crippen LogP contribution in [-0.4, -0.2) is 11.1 Å². The lowest BCUT2D eigenvalue weighted by molar-refractivity contribution is 0.476. The van der Waals surface area contributed by atoms with Gasteiger partial charge in [-0.05, 0) is 54.7 Å². The average Bonchev–Trinajstić information content (AvgIpc) is 2.45. The highest BCUT2D eigenvalue weighted by molar-refractivity contribution is 9.10. The van der Waals surface area contributed by atoms with E-state index in [9.17, 15) is 5.11 Å². The molecule has 0 heterocycles. The van der Waals surface area contributed by atoms with Gasteiger partial charge in [-0.2, -0.15) is 0 Å². The maximum absolute atomic E-state index is 9.60. The number of rotatable bonds is 2. The molecule has 0 aliphatic heterocycles. The van der Waals surface area contributed by atoms with Crippen LogP contribution in [-0.2, 0) is 12.8 Å². The second-order valence-corrected chi connectivity index (χ2v) is 7.02. The Labute approximate surface area is 142 Å². The van der Waals surface area contributed by atoms with E-state index < -0.39 is 0 Å². The fraction of sp³-hybridized carbons (Fsp3) is 0.250. The predicted molar refractivity (Wildman–Crippen MR) is 91.7 cm³/mol. The molecular formula is C16H14BrCl2NO. The van der Waals surface area contributed by atoms with Crippen LogP contribution in [0.25, 0.3) is 0 Å². The second kappa shape index (κ2) is 6.07. The van der Waals surface area contributed by atoms with Gasteiger partial charge in [0.1, 0.15) is 0 Å². The number of halogens is 3. The van der Waals surface area contributed by atoms with Gasteiger partial charge in [0, 0.05) is 16.2 Å². The molecule has 1 aliphatic carbocycles. The van der Waals surface area contributed by atoms with Gasteiger partial charge in [-0.3, -0.25) is 0 Å². The topological polar surface area (TPSA) is 32.3 Å². The molecule has 110 valence electrons. The van der Waals surface area contributed by atoms with E-state index in [0.29, 0.717) is 6.04 Å². The zero-order valence-corrected chi connectivity index (χ0v) is 14.3. The van der Waals surface area contributed by atoms with Crippen molar-refractivity contribution in [1.82, 2.24) is 0 Å². The highest BCUT2D eigenvalue weighted by Gasteiger charge is 2.19. The lowest BCUT2D eigenvalue weighted by Crippen LogP contribution is -2.27. The average molecular weight is 387 g/mol. The van der Waals surface area contributed by atoms with Crippen molar-refractivity contribution in [1.29, 1.82) is 0 Å². The summed E-state index contributed by atoms with van der Waals surface area (Å²) in [4.78, 5) is 0. The summed E-state index contributed by atoms with van der Waals surface area (Å²) in [6.07, 6.45) is 3.07. The monoisotopic (exact) mass is 385 g/mol. The van der Waals surface area contributed by atoms with Crippen LogP contribution in [0.4, 0.5) is 5.69 Å². The highest BCUT2D eigenvalue weighted by Crippen LogP contribution is 2.35. The summed E-state index contributed by atoms with van der Waals surface area (Å²) in [6.45, 7) is 0. The van der Waals surface area contributed by atoms with E-state index in [1.807, 2.05) is 0 Å². The molecule has 1 aliphatic rings. The summed E-state index contributed by atoms with van der Waals surface area (Å²) >= 11 is 15.4. The number of anilines is 1. The Balaban J connectivity index is 1.77. The van der Waals surface area contributed by atoms with Crippen molar-refractivity contribution >= 4 is 44.8 Å². The first-order chi connectivity index (χ1) is 10.0. The fourth-order valence-corrected chi connectivity index (χ4v) is 3.63. The van der Waals surface area contributed by atoms with Crippen LogP contribution in [0, 0.1) is 0 Å². The number of aromatic hydroxyl groups is 1. The minimum atomic E-state index is -0.0669. The van der Waals surface area contributed by atoms with E-state index in [2.05, 4.69) is 39.4 Å². The van der Waals surface area contributed by atoms with E-state index in [1.165, 1.54) is 11.1 Å². The third-order valence-electron chi connectivity index (χ3n) is 3.78. The van der Waals surface area contributed by atoms with Crippen molar-refractivity contribution in [3.63, 3.8) is 0 Å². The van der Waals surface area contributed by atoms with Crippen molar-refractivity contribution in [2.24, 2.45) is 0 Å². The Morgan fingerprint density at radius 3 is 2.52 bits per heavy atom. The first-order valence-corrected chi connectivity index (χ1v) is 8.29. The van der Waals surface area contributed by atoms with Crippen LogP contribution >= 0.6 is 39.1 Å². The van der Waals surface area contributed by atoms with Crippen molar-refractivity contribution < 1.29 is 5.11 Å². The van der Waals surface area contributed by atoms with Crippen LogP contribution < -0.4 is 5.32 Å². The Kier molecular flexibility index (Phi) is 4.34. The number of aryl methyl sites for hydroxylation is 1. The molecule has 0 spiro atoms. The summed E-state index contributed by atoms with van der Waals surface area (Å²) in [7, 11) is 0. The van der Waals surface area contributed by atoms with E-state index in [-0.39, 0.29) is 15.8 Å². The lowest BCUT2D eigenvalue weighted by Gasteiger charge is -2.26. The van der Waals surface area contributed by atoms with E-state index in [1.54, 1.807) is 12.1 Å². The van der Waals surface area contributed by atoms with Gasteiger partial charge in [0.2, 0.25) is 0 Å². The van der Waals surface area contributed by atoms with Crippen LogP contribution in [0.1, 0.15) is 17.5 Å². The molecule has 2 N–H and O–H groups in total. The van der Waals surface area contributed by atoms with E-state index >= 15 is 0 Å². The Bertz CT molecular complexity index is 667. The Hall–Kier alpha value is -0.900. The van der Waals surface area contributed by atoms with Gasteiger partial charge in [-0.1, -0.05) is 45.2 Å². The third-order valence-corrected chi connectivity index (χ3v) is 4.85. The minimum absolute atomic E-state index is 0.0669. The number of fused-ring (bicyclic) bond motifs is 1. The molecule has 0 radical (unpaired) electrons. The minimum Gasteiger partial charge on any atom is -0.505 e. The third kappa shape index (κ3) is 3.31. The molecule has 0 fully saturated rings. The normalized spacial score (nSPS) is 17.4. The SMILES string of the molecule is Oc1c(Cl)cc(NC2CCc3cc(Br)ccc3C2)cc1Cl. The smallest absolute Gasteiger partial charge is 0.152 e. The number of phenolic OH excluding ortho intramolecular Hbond substituents is 1. The summed E-state index contributed by atoms with van der Waals surface area (Å²) in [5, 5.41) is 13.6. The molecule has 2 aromatic carbocycles. The van der Waals surface area contributed by atoms with Gasteiger partial charge >= 0.3 is 0 Å². The standard InChI is InChI=1S/C16H14BrCl2NO/c17-11-3-1-10-6-12(4-2-9(10)5-11)20-13-7-14(18)16(21)15(19)8-13/h1,3,5,7-8,12,20-21H,2,4,6H2. The first kappa shape index (κ1) is 15.0. The van der Waals surface area contributed by atoms with Crippen molar-refractivity contribution in [3.8, 4) is 5.75 Å². The molecule has 0 bridgehead atoms. The van der Waals surface area contributed by atoms with Gasteiger partial charge in [0.05, 0.1) is 10.0 Å². The zero-order chi connectivity index (χ0) is 15.0. The largest absolute Gasteiger partial charge is 0.505 e. The molecule has 1 atom stereocenters. The molecule has 2 aromatic rings. The molecule has 0 saturated carbocycles. The van der Waals surface area contributed by atoms with Crippen LogP contribution in [0.5, 0.6) is 5.75 Å². The van der Waals surface area contributed by atoms with Crippen molar-refractivity contribution in [3.05, 3.63) is 56.0 Å². The summed E-state index contributed by atoms with van der Waals surface area (Å²) < 4.78 is 1.13. The summed E-state index contributed by atoms with van der Waals surface area (Å²) in [5.74, 6) is -0.0669. The molecule has 0 aromatic heterocycles. The zero-order valence-electron chi connectivity index (χ0n) is 11.2. The molecule has 0 saturated heterocycles. The van der Waals surface area contributed by atoms with Gasteiger partial charge < -0.3 is 10.4 Å². The molecule has 21 heavy (non-hydrogen) atoms. The fourth-order valence-electron chi connectivity index (χ4n) is 2.73. The molecule has 5 heteroatoms. The van der Waals surface area contributed by atoms with Crippen molar-refractivity contribution in [2.45, 2.75) is 25.3 Å². The van der Waals surface area contributed by atoms with Gasteiger partial charge in [-0.15, -0.1) is 0 Å². The van der Waals surface area contributed by atoms with Gasteiger partial charge in [0.15, 0.2) is 5.75 Å². The molecular weight excluding hydrogens is 373 g/mol. The number of nitrogens with one attached hydrogen (secondary N) is 1. The quantitative estimate of drug-likeness (QED) is 0.674. The van der Waals surface area contributed by atoms with Crippen LogP contribution in [0.15, 0.2) is 34.8 Å². The number of benzene rings is 2. The maximum atomic E-state index is 9.60. The molecule has 0 amide bonds. The molecule has 1 unspecified atom stereocenters. The van der Waals surface area contributed by atoms with E-state index in [4.69, 9.17) is 23.2 Å². The highest BCUT2D eigenvalue weighted by atomic mass is 79.9. The Morgan fingerprint density at radius 1 is 1.10 bits per heavy atom. The first-order valence-electron chi connectivity index (χ1n) is 6.75. The molecule has 2 nitrogen and oxygen atoms in total. The van der Waals surface area contributed by atoms with Crippen molar-refractivity contribution in [2.75, 3.05) is 5.32 Å².